The first-order valence-electron chi connectivity index (χ1n) is 9.17. The number of piperidine rings is 1. The van der Waals surface area contributed by atoms with Crippen LogP contribution in [0, 0.1) is 11.8 Å². The highest BCUT2D eigenvalue weighted by molar-refractivity contribution is 7.99. The summed E-state index contributed by atoms with van der Waals surface area (Å²) >= 11 is 1.77. The Morgan fingerprint density at radius 1 is 1.17 bits per heavy atom. The summed E-state index contributed by atoms with van der Waals surface area (Å²) in [6.45, 7) is 5.52. The summed E-state index contributed by atoms with van der Waals surface area (Å²) < 4.78 is 0. The molecule has 1 saturated heterocycles. The molecule has 2 fully saturated rings. The summed E-state index contributed by atoms with van der Waals surface area (Å²) in [5, 5.41) is 3.13. The highest BCUT2D eigenvalue weighted by Crippen LogP contribution is 2.31. The molecule has 1 aliphatic heterocycles. The van der Waals surface area contributed by atoms with Crippen LogP contribution in [0.4, 0.5) is 0 Å². The lowest BCUT2D eigenvalue weighted by atomic mass is 9.81. The second-order valence-electron chi connectivity index (χ2n) is 7.33. The van der Waals surface area contributed by atoms with Gasteiger partial charge in [-0.25, -0.2) is 0 Å². The molecule has 0 radical (unpaired) electrons. The number of thioether (sulfide) groups is 1. The molecule has 0 aromatic carbocycles. The van der Waals surface area contributed by atoms with Crippen molar-refractivity contribution in [3.8, 4) is 0 Å². The molecule has 1 heterocycles. The van der Waals surface area contributed by atoms with Crippen LogP contribution in [-0.4, -0.2) is 47.4 Å². The van der Waals surface area contributed by atoms with E-state index in [1.165, 1.54) is 32.1 Å². The van der Waals surface area contributed by atoms with Gasteiger partial charge in [0, 0.05) is 26.1 Å². The Hall–Kier alpha value is -0.710. The van der Waals surface area contributed by atoms with E-state index in [-0.39, 0.29) is 17.9 Å². The van der Waals surface area contributed by atoms with Crippen LogP contribution in [0.1, 0.15) is 58.8 Å². The molecule has 1 aliphatic carbocycles. The molecule has 2 rings (SSSR count). The third-order valence-electron chi connectivity index (χ3n) is 5.25. The van der Waals surface area contributed by atoms with Gasteiger partial charge in [-0.05, 0) is 43.3 Å². The van der Waals surface area contributed by atoms with E-state index in [1.807, 2.05) is 4.90 Å². The van der Waals surface area contributed by atoms with Crippen molar-refractivity contribution in [1.82, 2.24) is 10.2 Å². The Morgan fingerprint density at radius 2 is 1.91 bits per heavy atom. The van der Waals surface area contributed by atoms with E-state index in [1.54, 1.807) is 18.7 Å². The molecule has 4 nitrogen and oxygen atoms in total. The zero-order valence-electron chi connectivity index (χ0n) is 14.7. The summed E-state index contributed by atoms with van der Waals surface area (Å²) in [7, 11) is 0. The van der Waals surface area contributed by atoms with Gasteiger partial charge in [-0.15, -0.1) is 0 Å². The molecule has 0 bridgehead atoms. The normalized spacial score (nSPS) is 26.1. The van der Waals surface area contributed by atoms with Gasteiger partial charge in [-0.2, -0.15) is 11.8 Å². The quantitative estimate of drug-likeness (QED) is 0.756. The highest BCUT2D eigenvalue weighted by Gasteiger charge is 2.22. The fraction of sp³-hybridized carbons (Fsp3) is 0.889. The van der Waals surface area contributed by atoms with E-state index < -0.39 is 0 Å². The van der Waals surface area contributed by atoms with Crippen LogP contribution in [0.3, 0.4) is 0 Å². The van der Waals surface area contributed by atoms with Crippen molar-refractivity contribution in [1.29, 1.82) is 0 Å². The fourth-order valence-electron chi connectivity index (χ4n) is 3.84. The Bertz CT molecular complexity index is 394. The predicted molar refractivity (Wildman–Crippen MR) is 96.5 cm³/mol. The first-order valence-corrected chi connectivity index (χ1v) is 10.3. The molecule has 1 N–H and O–H groups in total. The molecule has 0 aromatic heterocycles. The smallest absolute Gasteiger partial charge is 0.230 e. The zero-order chi connectivity index (χ0) is 16.7. The lowest BCUT2D eigenvalue weighted by Crippen LogP contribution is -2.46. The molecular formula is C18H32N2O2S. The van der Waals surface area contributed by atoms with Crippen LogP contribution in [0.15, 0.2) is 0 Å². The summed E-state index contributed by atoms with van der Waals surface area (Å²) in [5.41, 5.74) is 0. The van der Waals surface area contributed by atoms with Gasteiger partial charge < -0.3 is 10.2 Å². The van der Waals surface area contributed by atoms with E-state index in [0.717, 1.165) is 43.5 Å². The number of likely N-dealkylation sites (tertiary alicyclic amines) is 1. The van der Waals surface area contributed by atoms with E-state index >= 15 is 0 Å². The van der Waals surface area contributed by atoms with Gasteiger partial charge in [0.15, 0.2) is 0 Å². The van der Waals surface area contributed by atoms with Crippen LogP contribution >= 0.6 is 11.8 Å². The van der Waals surface area contributed by atoms with Crippen molar-refractivity contribution in [2.45, 2.75) is 64.8 Å². The average Bonchev–Trinajstić information content (AvgIpc) is 2.52. The third kappa shape index (κ3) is 6.74. The lowest BCUT2D eigenvalue weighted by molar-refractivity contribution is -0.130. The van der Waals surface area contributed by atoms with Gasteiger partial charge >= 0.3 is 0 Å². The van der Waals surface area contributed by atoms with Crippen molar-refractivity contribution >= 4 is 23.6 Å². The van der Waals surface area contributed by atoms with Gasteiger partial charge in [0.05, 0.1) is 5.75 Å². The van der Waals surface area contributed by atoms with E-state index in [4.69, 9.17) is 0 Å². The maximum Gasteiger partial charge on any atom is 0.230 e. The van der Waals surface area contributed by atoms with Crippen LogP contribution in [0.25, 0.3) is 0 Å². The summed E-state index contributed by atoms with van der Waals surface area (Å²) in [6, 6.07) is 0.248. The summed E-state index contributed by atoms with van der Waals surface area (Å²) in [4.78, 5) is 25.2. The van der Waals surface area contributed by atoms with E-state index in [0.29, 0.717) is 5.75 Å². The molecule has 2 aliphatic rings. The average molecular weight is 341 g/mol. The molecule has 0 aromatic rings. The molecule has 23 heavy (non-hydrogen) atoms. The Balaban J connectivity index is 1.53. The molecule has 2 amide bonds. The largest absolute Gasteiger partial charge is 0.353 e. The summed E-state index contributed by atoms with van der Waals surface area (Å²) in [5.74, 6) is 3.76. The molecule has 0 unspecified atom stereocenters. The second kappa shape index (κ2) is 9.55. The van der Waals surface area contributed by atoms with Crippen molar-refractivity contribution in [3.05, 3.63) is 0 Å². The Morgan fingerprint density at radius 3 is 2.57 bits per heavy atom. The second-order valence-corrected chi connectivity index (χ2v) is 8.43. The minimum atomic E-state index is 0.141. The number of carbonyl (C=O) groups excluding carboxylic acids is 2. The minimum absolute atomic E-state index is 0.141. The molecule has 0 spiro atoms. The Labute approximate surface area is 145 Å². The molecule has 2 atom stereocenters. The fourth-order valence-corrected chi connectivity index (χ4v) is 4.76. The van der Waals surface area contributed by atoms with Crippen LogP contribution in [0.5, 0.6) is 0 Å². The van der Waals surface area contributed by atoms with Gasteiger partial charge in [0.1, 0.15) is 0 Å². The van der Waals surface area contributed by atoms with Gasteiger partial charge in [-0.3, -0.25) is 9.59 Å². The SMILES string of the molecule is CC(=O)N1CCC(NC(=O)CSCC[C@H]2CCC[C@@H](C)C2)CC1. The first kappa shape index (κ1) is 18.6. The Kier molecular flexibility index (Phi) is 7.74. The van der Waals surface area contributed by atoms with Crippen LogP contribution < -0.4 is 5.32 Å². The maximum atomic E-state index is 12.0. The number of rotatable bonds is 6. The third-order valence-corrected chi connectivity index (χ3v) is 6.24. The predicted octanol–water partition coefficient (Wildman–Crippen LogP) is 3.06. The van der Waals surface area contributed by atoms with Crippen molar-refractivity contribution < 1.29 is 9.59 Å². The first-order chi connectivity index (χ1) is 11.0. The maximum absolute atomic E-state index is 12.0. The monoisotopic (exact) mass is 340 g/mol. The van der Waals surface area contributed by atoms with E-state index in [9.17, 15) is 9.59 Å². The zero-order valence-corrected chi connectivity index (χ0v) is 15.5. The lowest BCUT2D eigenvalue weighted by Gasteiger charge is -2.31. The number of hydrogen-bond donors (Lipinski definition) is 1. The number of nitrogens with zero attached hydrogens (tertiary/aromatic N) is 1. The van der Waals surface area contributed by atoms with Gasteiger partial charge in [-0.1, -0.05) is 26.2 Å². The van der Waals surface area contributed by atoms with Crippen LogP contribution in [-0.2, 0) is 9.59 Å². The number of hydrogen-bond acceptors (Lipinski definition) is 3. The standard InChI is InChI=1S/C18H32N2O2S/c1-14-4-3-5-16(12-14)8-11-23-13-18(22)19-17-6-9-20(10-7-17)15(2)21/h14,16-17H,3-13H2,1-2H3,(H,19,22)/t14-,16-/m1/s1. The minimum Gasteiger partial charge on any atom is -0.353 e. The van der Waals surface area contributed by atoms with Crippen molar-refractivity contribution in [2.75, 3.05) is 24.6 Å². The number of nitrogens with one attached hydrogen (secondary N) is 1. The molecule has 5 heteroatoms. The van der Waals surface area contributed by atoms with E-state index in [2.05, 4.69) is 12.2 Å². The van der Waals surface area contributed by atoms with Crippen LogP contribution in [0.2, 0.25) is 0 Å². The molecular weight excluding hydrogens is 308 g/mol. The number of carbonyl (C=O) groups is 2. The molecule has 1 saturated carbocycles. The van der Waals surface area contributed by atoms with Crippen molar-refractivity contribution in [3.63, 3.8) is 0 Å². The topological polar surface area (TPSA) is 49.4 Å². The summed E-state index contributed by atoms with van der Waals surface area (Å²) in [6.07, 6.45) is 8.57. The highest BCUT2D eigenvalue weighted by atomic mass is 32.2. The number of amides is 2. The van der Waals surface area contributed by atoms with Gasteiger partial charge in [0.25, 0.3) is 0 Å². The molecule has 132 valence electrons. The van der Waals surface area contributed by atoms with Gasteiger partial charge in [0.2, 0.25) is 11.8 Å². The van der Waals surface area contributed by atoms with Crippen molar-refractivity contribution in [2.24, 2.45) is 11.8 Å².